The second-order valence-electron chi connectivity index (χ2n) is 6.46. The highest BCUT2D eigenvalue weighted by atomic mass is 32.2. The SMILES string of the molecule is CCCCCCCn1c(S[C@H](C)C(=O)OCC)nc2c1c(=O)[nH]c(=O)n2C. The van der Waals surface area contributed by atoms with E-state index in [1.54, 1.807) is 20.9 Å². The van der Waals surface area contributed by atoms with Crippen LogP contribution in [-0.4, -0.2) is 36.9 Å². The zero-order chi connectivity index (χ0) is 20.0. The number of esters is 1. The predicted molar refractivity (Wildman–Crippen MR) is 106 cm³/mol. The molecule has 0 saturated carbocycles. The number of imidazole rings is 1. The van der Waals surface area contributed by atoms with Crippen LogP contribution in [-0.2, 0) is 23.1 Å². The molecule has 0 aliphatic carbocycles. The van der Waals surface area contributed by atoms with Crippen molar-refractivity contribution >= 4 is 28.9 Å². The lowest BCUT2D eigenvalue weighted by molar-refractivity contribution is -0.142. The van der Waals surface area contributed by atoms with Gasteiger partial charge in [-0.2, -0.15) is 0 Å². The fourth-order valence-corrected chi connectivity index (χ4v) is 3.78. The van der Waals surface area contributed by atoms with E-state index in [0.29, 0.717) is 29.5 Å². The van der Waals surface area contributed by atoms with Crippen LogP contribution in [0.4, 0.5) is 0 Å². The first-order chi connectivity index (χ1) is 12.9. The Hall–Kier alpha value is -2.03. The largest absolute Gasteiger partial charge is 0.465 e. The number of hydrogen-bond donors (Lipinski definition) is 1. The van der Waals surface area contributed by atoms with E-state index in [4.69, 9.17) is 4.74 Å². The van der Waals surface area contributed by atoms with E-state index in [9.17, 15) is 14.4 Å². The number of ether oxygens (including phenoxy) is 1. The van der Waals surface area contributed by atoms with Gasteiger partial charge >= 0.3 is 11.7 Å². The lowest BCUT2D eigenvalue weighted by Gasteiger charge is -2.12. The highest BCUT2D eigenvalue weighted by Crippen LogP contribution is 2.26. The lowest BCUT2D eigenvalue weighted by Crippen LogP contribution is -2.29. The summed E-state index contributed by atoms with van der Waals surface area (Å²) in [4.78, 5) is 43.1. The first kappa shape index (κ1) is 21.3. The molecule has 0 spiro atoms. The van der Waals surface area contributed by atoms with Crippen LogP contribution in [0.5, 0.6) is 0 Å². The maximum atomic E-state index is 12.4. The smallest absolute Gasteiger partial charge is 0.329 e. The molecule has 0 aromatic carbocycles. The number of fused-ring (bicyclic) bond motifs is 1. The number of aromatic nitrogens is 4. The van der Waals surface area contributed by atoms with E-state index in [0.717, 1.165) is 25.7 Å². The van der Waals surface area contributed by atoms with Crippen LogP contribution in [0.25, 0.3) is 11.2 Å². The number of rotatable bonds is 10. The van der Waals surface area contributed by atoms with Crippen LogP contribution >= 0.6 is 11.8 Å². The van der Waals surface area contributed by atoms with E-state index < -0.39 is 16.5 Å². The Labute approximate surface area is 162 Å². The number of hydrogen-bond acceptors (Lipinski definition) is 6. The molecule has 0 aliphatic heterocycles. The monoisotopic (exact) mass is 396 g/mol. The molecule has 150 valence electrons. The lowest BCUT2D eigenvalue weighted by atomic mass is 10.1. The van der Waals surface area contributed by atoms with Gasteiger partial charge in [0.2, 0.25) is 0 Å². The van der Waals surface area contributed by atoms with Gasteiger partial charge in [0, 0.05) is 13.6 Å². The molecule has 0 radical (unpaired) electrons. The molecular weight excluding hydrogens is 368 g/mol. The predicted octanol–water partition coefficient (Wildman–Crippen LogP) is 2.44. The highest BCUT2D eigenvalue weighted by molar-refractivity contribution is 8.00. The number of thioether (sulfide) groups is 1. The summed E-state index contributed by atoms with van der Waals surface area (Å²) in [6, 6.07) is 0. The Morgan fingerprint density at radius 1 is 1.22 bits per heavy atom. The van der Waals surface area contributed by atoms with Gasteiger partial charge in [-0.25, -0.2) is 9.78 Å². The molecule has 2 rings (SSSR count). The van der Waals surface area contributed by atoms with Gasteiger partial charge in [-0.3, -0.25) is 19.1 Å². The van der Waals surface area contributed by atoms with Crippen molar-refractivity contribution in [2.45, 2.75) is 69.8 Å². The average molecular weight is 397 g/mol. The number of unbranched alkanes of at least 4 members (excludes halogenated alkanes) is 4. The van der Waals surface area contributed by atoms with Crippen LogP contribution < -0.4 is 11.2 Å². The summed E-state index contributed by atoms with van der Waals surface area (Å²) in [7, 11) is 1.57. The molecule has 8 nitrogen and oxygen atoms in total. The molecule has 2 aromatic rings. The van der Waals surface area contributed by atoms with Crippen molar-refractivity contribution in [2.75, 3.05) is 6.61 Å². The number of aryl methyl sites for hydroxylation is 2. The third-order valence-corrected chi connectivity index (χ3v) is 5.43. The quantitative estimate of drug-likeness (QED) is 0.376. The van der Waals surface area contributed by atoms with Crippen LogP contribution in [0.15, 0.2) is 14.7 Å². The minimum atomic E-state index is -0.505. The summed E-state index contributed by atoms with van der Waals surface area (Å²) in [6.45, 7) is 6.59. The molecule has 1 N–H and O–H groups in total. The molecular formula is C18H28N4O4S. The number of carbonyl (C=O) groups is 1. The van der Waals surface area contributed by atoms with Gasteiger partial charge in [-0.1, -0.05) is 44.4 Å². The molecule has 1 atom stereocenters. The molecule has 2 heterocycles. The standard InChI is InChI=1S/C18H28N4O4S/c1-5-7-8-9-10-11-22-13-14(21(4)17(25)20-15(13)23)19-18(22)27-12(3)16(24)26-6-2/h12H,5-11H2,1-4H3,(H,20,23,25)/t12-/m1/s1. The van der Waals surface area contributed by atoms with Crippen LogP contribution in [0.2, 0.25) is 0 Å². The fourth-order valence-electron chi connectivity index (χ4n) is 2.85. The van der Waals surface area contributed by atoms with Crippen LogP contribution in [0.3, 0.4) is 0 Å². The first-order valence-electron chi connectivity index (χ1n) is 9.43. The number of nitrogens with zero attached hydrogens (tertiary/aromatic N) is 3. The first-order valence-corrected chi connectivity index (χ1v) is 10.3. The molecule has 0 amide bonds. The molecule has 0 fully saturated rings. The summed E-state index contributed by atoms with van der Waals surface area (Å²) in [5, 5.41) is 0.0875. The molecule has 9 heteroatoms. The molecule has 0 unspecified atom stereocenters. The Bertz CT molecular complexity index is 899. The second kappa shape index (κ2) is 9.77. The van der Waals surface area contributed by atoms with Crippen molar-refractivity contribution in [1.82, 2.24) is 19.1 Å². The van der Waals surface area contributed by atoms with Gasteiger partial charge in [0.1, 0.15) is 5.25 Å². The zero-order valence-corrected chi connectivity index (χ0v) is 17.2. The minimum absolute atomic E-state index is 0.311. The maximum Gasteiger partial charge on any atom is 0.329 e. The normalized spacial score (nSPS) is 12.4. The fraction of sp³-hybridized carbons (Fsp3) is 0.667. The third kappa shape index (κ3) is 5.03. The molecule has 0 aliphatic rings. The van der Waals surface area contributed by atoms with Gasteiger partial charge in [-0.15, -0.1) is 0 Å². The number of aromatic amines is 1. The molecule has 0 bridgehead atoms. The summed E-state index contributed by atoms with van der Waals surface area (Å²) >= 11 is 1.24. The third-order valence-electron chi connectivity index (χ3n) is 4.36. The van der Waals surface area contributed by atoms with Gasteiger partial charge in [0.25, 0.3) is 5.56 Å². The zero-order valence-electron chi connectivity index (χ0n) is 16.4. The topological polar surface area (TPSA) is 99.0 Å². The van der Waals surface area contributed by atoms with Crippen LogP contribution in [0, 0.1) is 0 Å². The van der Waals surface area contributed by atoms with Gasteiger partial charge in [0.05, 0.1) is 6.61 Å². The highest BCUT2D eigenvalue weighted by Gasteiger charge is 2.22. The van der Waals surface area contributed by atoms with Crippen molar-refractivity contribution in [1.29, 1.82) is 0 Å². The molecule has 2 aromatic heterocycles. The number of nitrogens with one attached hydrogen (secondary N) is 1. The minimum Gasteiger partial charge on any atom is -0.465 e. The van der Waals surface area contributed by atoms with Crippen molar-refractivity contribution < 1.29 is 9.53 Å². The van der Waals surface area contributed by atoms with E-state index in [1.165, 1.54) is 22.7 Å². The Balaban J connectivity index is 2.38. The van der Waals surface area contributed by atoms with Gasteiger partial charge in [0.15, 0.2) is 16.3 Å². The summed E-state index contributed by atoms with van der Waals surface area (Å²) in [5.74, 6) is -0.327. The second-order valence-corrected chi connectivity index (χ2v) is 7.77. The Kier molecular flexibility index (Phi) is 7.70. The average Bonchev–Trinajstić information content (AvgIpc) is 2.98. The van der Waals surface area contributed by atoms with E-state index in [1.807, 2.05) is 4.57 Å². The number of carbonyl (C=O) groups excluding carboxylic acids is 1. The summed E-state index contributed by atoms with van der Waals surface area (Å²) in [6.07, 6.45) is 5.43. The van der Waals surface area contributed by atoms with E-state index in [2.05, 4.69) is 16.9 Å². The van der Waals surface area contributed by atoms with Crippen molar-refractivity contribution in [3.05, 3.63) is 20.8 Å². The van der Waals surface area contributed by atoms with Gasteiger partial charge < -0.3 is 9.30 Å². The van der Waals surface area contributed by atoms with E-state index >= 15 is 0 Å². The Morgan fingerprint density at radius 3 is 2.59 bits per heavy atom. The van der Waals surface area contributed by atoms with Crippen molar-refractivity contribution in [3.63, 3.8) is 0 Å². The maximum absolute atomic E-state index is 12.4. The van der Waals surface area contributed by atoms with E-state index in [-0.39, 0.29) is 5.97 Å². The molecule has 0 saturated heterocycles. The summed E-state index contributed by atoms with van der Waals surface area (Å²) in [5.41, 5.74) is -0.262. The van der Waals surface area contributed by atoms with Crippen molar-refractivity contribution in [3.8, 4) is 0 Å². The molecule has 27 heavy (non-hydrogen) atoms. The van der Waals surface area contributed by atoms with Crippen molar-refractivity contribution in [2.24, 2.45) is 7.05 Å². The number of H-pyrrole nitrogens is 1. The van der Waals surface area contributed by atoms with Crippen LogP contribution in [0.1, 0.15) is 52.9 Å². The van der Waals surface area contributed by atoms with Gasteiger partial charge in [-0.05, 0) is 20.3 Å². The Morgan fingerprint density at radius 2 is 1.93 bits per heavy atom. The summed E-state index contributed by atoms with van der Waals surface area (Å²) < 4.78 is 8.20.